The number of hydrogen-bond donors (Lipinski definition) is 0. The summed E-state index contributed by atoms with van der Waals surface area (Å²) in [5.74, 6) is -0.308. The van der Waals surface area contributed by atoms with Crippen LogP contribution in [0.5, 0.6) is 0 Å². The number of benzene rings is 3. The summed E-state index contributed by atoms with van der Waals surface area (Å²) in [6.07, 6.45) is 0.322. The van der Waals surface area contributed by atoms with Crippen molar-refractivity contribution in [1.82, 2.24) is 0 Å². The van der Waals surface area contributed by atoms with Crippen molar-refractivity contribution < 1.29 is 9.18 Å². The molecule has 0 aliphatic heterocycles. The molecule has 3 heteroatoms. The number of carbonyl (C=O) groups is 1. The van der Waals surface area contributed by atoms with Gasteiger partial charge in [0.2, 0.25) is 0 Å². The number of carbonyl (C=O) groups excluding carboxylic acids is 1. The molecule has 0 heterocycles. The van der Waals surface area contributed by atoms with E-state index in [1.807, 2.05) is 65.1 Å². The minimum atomic E-state index is -0.318. The summed E-state index contributed by atoms with van der Waals surface area (Å²) in [6.45, 7) is 0. The van der Waals surface area contributed by atoms with Crippen molar-refractivity contribution >= 4 is 39.1 Å². The lowest BCUT2D eigenvalue weighted by Gasteiger charge is -2.07. The third kappa shape index (κ3) is 2.97. The summed E-state index contributed by atoms with van der Waals surface area (Å²) in [6, 6.07) is 18.2. The molecule has 104 valence electrons. The van der Waals surface area contributed by atoms with Gasteiger partial charge in [-0.1, -0.05) is 42.5 Å². The van der Waals surface area contributed by atoms with Gasteiger partial charge in [-0.05, 0) is 57.1 Å². The highest BCUT2D eigenvalue weighted by Crippen LogP contribution is 2.22. The minimum Gasteiger partial charge on any atom is -0.294 e. The van der Waals surface area contributed by atoms with Gasteiger partial charge >= 0.3 is 0 Å². The average molecular weight is 390 g/mol. The largest absolute Gasteiger partial charge is 0.294 e. The SMILES string of the molecule is O=C(Cc1cccc2ccccc12)c1ccc(F)cc1I. The molecular formula is C18H12FIO. The van der Waals surface area contributed by atoms with Gasteiger partial charge in [0.25, 0.3) is 0 Å². The standard InChI is InChI=1S/C18H12FIO/c19-14-8-9-16(17(20)11-14)18(21)10-13-6-3-5-12-4-1-2-7-15(12)13/h1-9,11H,10H2. The van der Waals surface area contributed by atoms with Crippen LogP contribution in [0.3, 0.4) is 0 Å². The molecule has 21 heavy (non-hydrogen) atoms. The zero-order valence-corrected chi connectivity index (χ0v) is 13.3. The molecule has 0 aromatic heterocycles. The number of rotatable bonds is 3. The van der Waals surface area contributed by atoms with E-state index in [1.165, 1.54) is 12.1 Å². The van der Waals surface area contributed by atoms with Crippen molar-refractivity contribution in [2.75, 3.05) is 0 Å². The Hall–Kier alpha value is -1.75. The Kier molecular flexibility index (Phi) is 4.01. The monoisotopic (exact) mass is 390 g/mol. The fourth-order valence-corrected chi connectivity index (χ4v) is 3.21. The second-order valence-corrected chi connectivity index (χ2v) is 6.02. The van der Waals surface area contributed by atoms with E-state index < -0.39 is 0 Å². The van der Waals surface area contributed by atoms with Crippen molar-refractivity contribution in [3.8, 4) is 0 Å². The third-order valence-electron chi connectivity index (χ3n) is 3.46. The summed E-state index contributed by atoms with van der Waals surface area (Å²) >= 11 is 2.00. The molecular weight excluding hydrogens is 378 g/mol. The summed E-state index contributed by atoms with van der Waals surface area (Å²) in [5.41, 5.74) is 1.57. The van der Waals surface area contributed by atoms with Gasteiger partial charge in [-0.2, -0.15) is 0 Å². The molecule has 0 aliphatic rings. The Balaban J connectivity index is 1.97. The average Bonchev–Trinajstić information content (AvgIpc) is 2.47. The molecule has 0 bridgehead atoms. The maximum atomic E-state index is 13.1. The van der Waals surface area contributed by atoms with Crippen molar-refractivity contribution in [1.29, 1.82) is 0 Å². The van der Waals surface area contributed by atoms with E-state index in [0.717, 1.165) is 16.3 Å². The summed E-state index contributed by atoms with van der Waals surface area (Å²) < 4.78 is 13.8. The first-order valence-electron chi connectivity index (χ1n) is 6.60. The van der Waals surface area contributed by atoms with Gasteiger partial charge in [0.05, 0.1) is 0 Å². The fourth-order valence-electron chi connectivity index (χ4n) is 2.43. The van der Waals surface area contributed by atoms with Crippen LogP contribution in [0.15, 0.2) is 60.7 Å². The lowest BCUT2D eigenvalue weighted by Crippen LogP contribution is -2.06. The first kappa shape index (κ1) is 14.2. The molecule has 0 saturated carbocycles. The van der Waals surface area contributed by atoms with Gasteiger partial charge in [0.15, 0.2) is 5.78 Å². The van der Waals surface area contributed by atoms with E-state index in [9.17, 15) is 9.18 Å². The summed E-state index contributed by atoms with van der Waals surface area (Å²) in [4.78, 5) is 12.5. The van der Waals surface area contributed by atoms with E-state index in [0.29, 0.717) is 15.6 Å². The number of fused-ring (bicyclic) bond motifs is 1. The third-order valence-corrected chi connectivity index (χ3v) is 4.35. The molecule has 3 aromatic carbocycles. The zero-order chi connectivity index (χ0) is 14.8. The molecule has 0 unspecified atom stereocenters. The van der Waals surface area contributed by atoms with E-state index in [-0.39, 0.29) is 11.6 Å². The second-order valence-electron chi connectivity index (χ2n) is 4.86. The van der Waals surface area contributed by atoms with Crippen LogP contribution < -0.4 is 0 Å². The van der Waals surface area contributed by atoms with Crippen LogP contribution in [-0.4, -0.2) is 5.78 Å². The highest BCUT2D eigenvalue weighted by Gasteiger charge is 2.13. The van der Waals surface area contributed by atoms with Gasteiger partial charge in [0.1, 0.15) is 5.82 Å². The highest BCUT2D eigenvalue weighted by atomic mass is 127. The normalized spacial score (nSPS) is 10.8. The number of Topliss-reactive ketones (excluding diaryl/α,β-unsaturated/α-hetero) is 1. The van der Waals surface area contributed by atoms with Gasteiger partial charge < -0.3 is 0 Å². The molecule has 0 N–H and O–H groups in total. The lowest BCUT2D eigenvalue weighted by molar-refractivity contribution is 0.0992. The Bertz CT molecular complexity index is 821. The molecule has 0 saturated heterocycles. The second kappa shape index (κ2) is 5.93. The minimum absolute atomic E-state index is 0.00996. The van der Waals surface area contributed by atoms with E-state index in [1.54, 1.807) is 6.07 Å². The highest BCUT2D eigenvalue weighted by molar-refractivity contribution is 14.1. The molecule has 3 rings (SSSR count). The lowest BCUT2D eigenvalue weighted by atomic mass is 9.98. The number of hydrogen-bond acceptors (Lipinski definition) is 1. The van der Waals surface area contributed by atoms with Crippen molar-refractivity contribution in [3.05, 3.63) is 81.2 Å². The predicted octanol–water partition coefficient (Wildman–Crippen LogP) is 5.01. The van der Waals surface area contributed by atoms with Gasteiger partial charge in [-0.3, -0.25) is 4.79 Å². The summed E-state index contributed by atoms with van der Waals surface area (Å²) in [5, 5.41) is 2.21. The first-order valence-corrected chi connectivity index (χ1v) is 7.68. The molecule has 0 spiro atoms. The van der Waals surface area contributed by atoms with Crippen LogP contribution in [0.1, 0.15) is 15.9 Å². The topological polar surface area (TPSA) is 17.1 Å². The molecule has 0 radical (unpaired) electrons. The predicted molar refractivity (Wildman–Crippen MR) is 91.1 cm³/mol. The Morgan fingerprint density at radius 1 is 1.00 bits per heavy atom. The van der Waals surface area contributed by atoms with Gasteiger partial charge in [-0.15, -0.1) is 0 Å². The smallest absolute Gasteiger partial charge is 0.168 e. The fraction of sp³-hybridized carbons (Fsp3) is 0.0556. The maximum Gasteiger partial charge on any atom is 0.168 e. The molecule has 0 amide bonds. The number of ketones is 1. The van der Waals surface area contributed by atoms with Crippen LogP contribution in [0.25, 0.3) is 10.8 Å². The van der Waals surface area contributed by atoms with Gasteiger partial charge in [-0.25, -0.2) is 4.39 Å². The number of halogens is 2. The van der Waals surface area contributed by atoms with Crippen LogP contribution in [0.4, 0.5) is 4.39 Å². The maximum absolute atomic E-state index is 13.1. The van der Waals surface area contributed by atoms with E-state index >= 15 is 0 Å². The van der Waals surface area contributed by atoms with Crippen LogP contribution in [-0.2, 0) is 6.42 Å². The molecule has 0 aliphatic carbocycles. The van der Waals surface area contributed by atoms with E-state index in [2.05, 4.69) is 0 Å². The van der Waals surface area contributed by atoms with Crippen molar-refractivity contribution in [2.45, 2.75) is 6.42 Å². The Morgan fingerprint density at radius 3 is 2.57 bits per heavy atom. The Morgan fingerprint density at radius 2 is 1.76 bits per heavy atom. The quantitative estimate of drug-likeness (QED) is 0.454. The molecule has 3 aromatic rings. The van der Waals surface area contributed by atoms with Gasteiger partial charge in [0, 0.05) is 15.6 Å². The van der Waals surface area contributed by atoms with Crippen molar-refractivity contribution in [3.63, 3.8) is 0 Å². The zero-order valence-electron chi connectivity index (χ0n) is 11.1. The van der Waals surface area contributed by atoms with Crippen molar-refractivity contribution in [2.24, 2.45) is 0 Å². The molecule has 0 atom stereocenters. The first-order chi connectivity index (χ1) is 10.1. The summed E-state index contributed by atoms with van der Waals surface area (Å²) in [7, 11) is 0. The van der Waals surface area contributed by atoms with Crippen LogP contribution in [0.2, 0.25) is 0 Å². The van der Waals surface area contributed by atoms with Crippen LogP contribution >= 0.6 is 22.6 Å². The molecule has 0 fully saturated rings. The Labute approximate surface area is 135 Å². The van der Waals surface area contributed by atoms with Crippen LogP contribution in [0, 0.1) is 9.39 Å². The van der Waals surface area contributed by atoms with E-state index in [4.69, 9.17) is 0 Å². The molecule has 1 nitrogen and oxygen atoms in total.